The molecule has 0 saturated carbocycles. The second kappa shape index (κ2) is 8.43. The van der Waals surface area contributed by atoms with Gasteiger partial charge in [-0.2, -0.15) is 0 Å². The Balaban J connectivity index is 2.15. The van der Waals surface area contributed by atoms with E-state index in [4.69, 9.17) is 14.9 Å². The van der Waals surface area contributed by atoms with E-state index in [9.17, 15) is 4.79 Å². The maximum atomic E-state index is 10.5. The Hall–Kier alpha value is -1.67. The van der Waals surface area contributed by atoms with Crippen molar-refractivity contribution >= 4 is 11.9 Å². The summed E-state index contributed by atoms with van der Waals surface area (Å²) in [6, 6.07) is 0.350. The van der Waals surface area contributed by atoms with Gasteiger partial charge in [0.25, 0.3) is 0 Å². The van der Waals surface area contributed by atoms with Crippen LogP contribution in [0.15, 0.2) is 4.42 Å². The summed E-state index contributed by atoms with van der Waals surface area (Å²) < 4.78 is 10.2. The quantitative estimate of drug-likeness (QED) is 0.483. The van der Waals surface area contributed by atoms with Gasteiger partial charge >= 0.3 is 6.01 Å². The summed E-state index contributed by atoms with van der Waals surface area (Å²) in [5.74, 6) is 0.189. The molecule has 8 heteroatoms. The molecule has 0 aliphatic carbocycles. The van der Waals surface area contributed by atoms with Crippen LogP contribution >= 0.6 is 0 Å². The predicted molar refractivity (Wildman–Crippen MR) is 64.8 cm³/mol. The zero-order valence-electron chi connectivity index (χ0n) is 10.4. The summed E-state index contributed by atoms with van der Waals surface area (Å²) in [6.45, 7) is 2.42. The number of carbonyl (C=O) groups excluding carboxylic acids is 1. The Morgan fingerprint density at radius 1 is 1.44 bits per heavy atom. The molecule has 1 rings (SSSR count). The van der Waals surface area contributed by atoms with E-state index in [0.29, 0.717) is 44.4 Å². The van der Waals surface area contributed by atoms with Crippen molar-refractivity contribution in [3.63, 3.8) is 0 Å². The number of methoxy groups -OCH3 is 1. The Morgan fingerprint density at radius 2 is 2.28 bits per heavy atom. The number of ether oxygens (including phenoxy) is 1. The van der Waals surface area contributed by atoms with Gasteiger partial charge in [-0.3, -0.25) is 4.79 Å². The Bertz CT molecular complexity index is 355. The standard InChI is InChI=1S/C10H19N5O3/c1-17-6-5-12-7-9-14-15-10(18-9)13-4-2-3-8(11)16/h12H,2-7H2,1H3,(H2,11,16)(H,13,15). The molecule has 102 valence electrons. The number of nitrogens with two attached hydrogens (primary N) is 1. The summed E-state index contributed by atoms with van der Waals surface area (Å²) in [5, 5.41) is 13.7. The van der Waals surface area contributed by atoms with E-state index < -0.39 is 0 Å². The average Bonchev–Trinajstić information content (AvgIpc) is 2.78. The highest BCUT2D eigenvalue weighted by molar-refractivity contribution is 5.73. The van der Waals surface area contributed by atoms with Gasteiger partial charge in [-0.25, -0.2) is 0 Å². The molecule has 0 unspecified atom stereocenters. The van der Waals surface area contributed by atoms with E-state index in [1.54, 1.807) is 7.11 Å². The van der Waals surface area contributed by atoms with Gasteiger partial charge in [-0.15, -0.1) is 5.10 Å². The summed E-state index contributed by atoms with van der Waals surface area (Å²) in [4.78, 5) is 10.5. The van der Waals surface area contributed by atoms with Crippen LogP contribution in [0.3, 0.4) is 0 Å². The van der Waals surface area contributed by atoms with Crippen LogP contribution in [0.1, 0.15) is 18.7 Å². The summed E-state index contributed by atoms with van der Waals surface area (Å²) in [5.41, 5.74) is 5.02. The van der Waals surface area contributed by atoms with E-state index in [0.717, 1.165) is 6.54 Å². The number of amides is 1. The maximum Gasteiger partial charge on any atom is 0.315 e. The van der Waals surface area contributed by atoms with Crippen molar-refractivity contribution < 1.29 is 13.9 Å². The monoisotopic (exact) mass is 257 g/mol. The van der Waals surface area contributed by atoms with Gasteiger partial charge in [0, 0.05) is 26.6 Å². The fraction of sp³-hybridized carbons (Fsp3) is 0.700. The van der Waals surface area contributed by atoms with Crippen LogP contribution in [-0.2, 0) is 16.1 Å². The fourth-order valence-electron chi connectivity index (χ4n) is 1.22. The van der Waals surface area contributed by atoms with E-state index in [2.05, 4.69) is 20.8 Å². The van der Waals surface area contributed by atoms with Gasteiger partial charge in [0.05, 0.1) is 13.2 Å². The molecule has 0 aromatic carbocycles. The number of carbonyl (C=O) groups is 1. The smallest absolute Gasteiger partial charge is 0.315 e. The van der Waals surface area contributed by atoms with Gasteiger partial charge in [-0.1, -0.05) is 5.10 Å². The molecule has 0 aliphatic heterocycles. The normalized spacial score (nSPS) is 10.5. The minimum atomic E-state index is -0.314. The van der Waals surface area contributed by atoms with Crippen LogP contribution in [0.2, 0.25) is 0 Å². The molecule has 0 aliphatic rings. The number of nitrogens with one attached hydrogen (secondary N) is 2. The van der Waals surface area contributed by atoms with Crippen LogP contribution in [0, 0.1) is 0 Å². The molecule has 0 radical (unpaired) electrons. The highest BCUT2D eigenvalue weighted by Gasteiger charge is 2.04. The lowest BCUT2D eigenvalue weighted by atomic mass is 10.3. The number of nitrogens with zero attached hydrogens (tertiary/aromatic N) is 2. The van der Waals surface area contributed by atoms with Crippen LogP contribution < -0.4 is 16.4 Å². The summed E-state index contributed by atoms with van der Waals surface area (Å²) in [6.07, 6.45) is 0.978. The van der Waals surface area contributed by atoms with Crippen LogP contribution in [-0.4, -0.2) is 42.9 Å². The molecule has 0 fully saturated rings. The van der Waals surface area contributed by atoms with Crippen molar-refractivity contribution in [2.45, 2.75) is 19.4 Å². The highest BCUT2D eigenvalue weighted by Crippen LogP contribution is 2.05. The molecule has 1 aromatic heterocycles. The van der Waals surface area contributed by atoms with Crippen LogP contribution in [0.25, 0.3) is 0 Å². The Kier molecular flexibility index (Phi) is 6.74. The number of aromatic nitrogens is 2. The Labute approximate surface area is 105 Å². The van der Waals surface area contributed by atoms with Crippen LogP contribution in [0.4, 0.5) is 6.01 Å². The van der Waals surface area contributed by atoms with Gasteiger partial charge in [0.2, 0.25) is 11.8 Å². The lowest BCUT2D eigenvalue weighted by molar-refractivity contribution is -0.118. The SMILES string of the molecule is COCCNCc1nnc(NCCCC(N)=O)o1. The lowest BCUT2D eigenvalue weighted by Crippen LogP contribution is -2.18. The average molecular weight is 257 g/mol. The van der Waals surface area contributed by atoms with Crippen molar-refractivity contribution in [2.75, 3.05) is 32.1 Å². The first-order valence-electron chi connectivity index (χ1n) is 5.76. The number of rotatable bonds is 10. The minimum absolute atomic E-state index is 0.314. The van der Waals surface area contributed by atoms with Crippen molar-refractivity contribution in [3.05, 3.63) is 5.89 Å². The Morgan fingerprint density at radius 3 is 3.00 bits per heavy atom. The second-order valence-electron chi connectivity index (χ2n) is 3.67. The molecule has 8 nitrogen and oxygen atoms in total. The molecular formula is C10H19N5O3. The molecule has 0 bridgehead atoms. The molecule has 18 heavy (non-hydrogen) atoms. The van der Waals surface area contributed by atoms with Crippen LogP contribution in [0.5, 0.6) is 0 Å². The van der Waals surface area contributed by atoms with Crippen molar-refractivity contribution in [1.29, 1.82) is 0 Å². The van der Waals surface area contributed by atoms with E-state index in [1.165, 1.54) is 0 Å². The topological polar surface area (TPSA) is 115 Å². The molecule has 1 aromatic rings. The van der Waals surface area contributed by atoms with Crippen molar-refractivity contribution in [1.82, 2.24) is 15.5 Å². The number of hydrogen-bond acceptors (Lipinski definition) is 7. The number of anilines is 1. The van der Waals surface area contributed by atoms with E-state index >= 15 is 0 Å². The van der Waals surface area contributed by atoms with Crippen molar-refractivity contribution in [3.8, 4) is 0 Å². The lowest BCUT2D eigenvalue weighted by Gasteiger charge is -2.00. The van der Waals surface area contributed by atoms with Gasteiger partial charge in [0.1, 0.15) is 0 Å². The first-order valence-corrected chi connectivity index (χ1v) is 5.76. The third kappa shape index (κ3) is 6.16. The van der Waals surface area contributed by atoms with E-state index in [1.807, 2.05) is 0 Å². The van der Waals surface area contributed by atoms with Gasteiger partial charge in [0.15, 0.2) is 0 Å². The molecule has 0 atom stereocenters. The number of hydrogen-bond donors (Lipinski definition) is 3. The third-order valence-electron chi connectivity index (χ3n) is 2.10. The van der Waals surface area contributed by atoms with Gasteiger partial charge in [-0.05, 0) is 6.42 Å². The van der Waals surface area contributed by atoms with Gasteiger partial charge < -0.3 is 25.5 Å². The second-order valence-corrected chi connectivity index (χ2v) is 3.67. The fourth-order valence-corrected chi connectivity index (χ4v) is 1.22. The largest absolute Gasteiger partial charge is 0.407 e. The highest BCUT2D eigenvalue weighted by atomic mass is 16.5. The molecule has 1 amide bonds. The summed E-state index contributed by atoms with van der Waals surface area (Å²) >= 11 is 0. The molecule has 0 spiro atoms. The molecule has 1 heterocycles. The first kappa shape index (κ1) is 14.4. The minimum Gasteiger partial charge on any atom is -0.407 e. The predicted octanol–water partition coefficient (Wildman–Crippen LogP) is -0.517. The van der Waals surface area contributed by atoms with Crippen molar-refractivity contribution in [2.24, 2.45) is 5.73 Å². The summed E-state index contributed by atoms with van der Waals surface area (Å²) in [7, 11) is 1.64. The van der Waals surface area contributed by atoms with E-state index in [-0.39, 0.29) is 5.91 Å². The zero-order chi connectivity index (χ0) is 13.2. The maximum absolute atomic E-state index is 10.5. The molecule has 4 N–H and O–H groups in total. The zero-order valence-corrected chi connectivity index (χ0v) is 10.4. The molecule has 0 saturated heterocycles. The first-order chi connectivity index (χ1) is 8.72. The number of primary amides is 1. The third-order valence-corrected chi connectivity index (χ3v) is 2.10. The molecular weight excluding hydrogens is 238 g/mol.